The Bertz CT molecular complexity index is 1110. The number of aryl methyl sites for hydroxylation is 2. The van der Waals surface area contributed by atoms with Crippen molar-refractivity contribution in [3.05, 3.63) is 58.8 Å². The predicted molar refractivity (Wildman–Crippen MR) is 122 cm³/mol. The monoisotopic (exact) mass is 474 g/mol. The van der Waals surface area contributed by atoms with Crippen molar-refractivity contribution in [1.29, 1.82) is 0 Å². The first-order chi connectivity index (χ1) is 15.5. The van der Waals surface area contributed by atoms with Crippen LogP contribution in [-0.4, -0.2) is 44.0 Å². The van der Waals surface area contributed by atoms with Crippen LogP contribution >= 0.6 is 11.3 Å². The van der Waals surface area contributed by atoms with Crippen molar-refractivity contribution in [1.82, 2.24) is 9.97 Å². The first-order valence-corrected chi connectivity index (χ1v) is 13.3. The molecule has 3 aromatic rings. The van der Waals surface area contributed by atoms with Crippen LogP contribution in [0.1, 0.15) is 30.0 Å². The van der Waals surface area contributed by atoms with Crippen molar-refractivity contribution in [2.45, 2.75) is 43.1 Å². The minimum atomic E-state index is -3.25. The van der Waals surface area contributed by atoms with E-state index < -0.39 is 9.84 Å². The van der Waals surface area contributed by atoms with Gasteiger partial charge in [0.1, 0.15) is 23.9 Å². The molecule has 0 bridgehead atoms. The molecular weight excluding hydrogens is 448 g/mol. The highest BCUT2D eigenvalue weighted by molar-refractivity contribution is 7.90. The second kappa shape index (κ2) is 10.4. The third kappa shape index (κ3) is 6.27. The molecular formula is C23H26N2O5S2. The maximum Gasteiger partial charge on any atom is 0.175 e. The summed E-state index contributed by atoms with van der Waals surface area (Å²) in [6.07, 6.45) is 9.41. The summed E-state index contributed by atoms with van der Waals surface area (Å²) in [5.74, 6) is 1.74. The summed E-state index contributed by atoms with van der Waals surface area (Å²) in [5.41, 5.74) is 0.874. The SMILES string of the molecule is CS(=O)(=O)c1ccc(Oc2cnc(CCCc3nccs3)c(OCC3CCCO3)c2)cc1. The zero-order valence-corrected chi connectivity index (χ0v) is 19.5. The summed E-state index contributed by atoms with van der Waals surface area (Å²) in [6.45, 7) is 1.26. The van der Waals surface area contributed by atoms with Crippen molar-refractivity contribution in [2.75, 3.05) is 19.5 Å². The molecule has 1 aromatic carbocycles. The van der Waals surface area contributed by atoms with Crippen LogP contribution in [0.4, 0.5) is 0 Å². The molecule has 9 heteroatoms. The molecule has 0 aliphatic carbocycles. The lowest BCUT2D eigenvalue weighted by Crippen LogP contribution is -2.17. The maximum absolute atomic E-state index is 11.6. The molecule has 0 radical (unpaired) electrons. The van der Waals surface area contributed by atoms with Crippen LogP contribution < -0.4 is 9.47 Å². The molecule has 1 atom stereocenters. The number of benzene rings is 1. The number of thiazole rings is 1. The smallest absolute Gasteiger partial charge is 0.175 e. The van der Waals surface area contributed by atoms with Gasteiger partial charge in [-0.2, -0.15) is 0 Å². The van der Waals surface area contributed by atoms with Gasteiger partial charge in [0.15, 0.2) is 9.84 Å². The summed E-state index contributed by atoms with van der Waals surface area (Å²) in [5, 5.41) is 3.10. The van der Waals surface area contributed by atoms with E-state index in [0.29, 0.717) is 23.9 Å². The fourth-order valence-corrected chi connectivity index (χ4v) is 4.75. The molecule has 0 saturated carbocycles. The van der Waals surface area contributed by atoms with Gasteiger partial charge in [-0.1, -0.05) is 0 Å². The van der Waals surface area contributed by atoms with Crippen LogP contribution in [-0.2, 0) is 27.4 Å². The molecule has 1 aliphatic rings. The lowest BCUT2D eigenvalue weighted by Gasteiger charge is -2.15. The summed E-state index contributed by atoms with van der Waals surface area (Å²) in [7, 11) is -3.25. The van der Waals surface area contributed by atoms with Crippen molar-refractivity contribution in [3.8, 4) is 17.2 Å². The van der Waals surface area contributed by atoms with Crippen molar-refractivity contribution in [3.63, 3.8) is 0 Å². The molecule has 1 fully saturated rings. The standard InChI is InChI=1S/C23H26N2O5S2/c1-32(26,27)20-9-7-17(8-10-20)30-19-14-22(29-16-18-4-3-12-28-18)21(25-15-19)5-2-6-23-24-11-13-31-23/h7-11,13-15,18H,2-6,12,16H2,1H3. The summed E-state index contributed by atoms with van der Waals surface area (Å²) < 4.78 is 41.0. The highest BCUT2D eigenvalue weighted by atomic mass is 32.2. The van der Waals surface area contributed by atoms with E-state index in [4.69, 9.17) is 14.2 Å². The Hall–Kier alpha value is -2.49. The van der Waals surface area contributed by atoms with Gasteiger partial charge in [-0.05, 0) is 56.4 Å². The molecule has 1 unspecified atom stereocenters. The average Bonchev–Trinajstić information content (AvgIpc) is 3.47. The van der Waals surface area contributed by atoms with Crippen molar-refractivity contribution < 1.29 is 22.6 Å². The second-order valence-electron chi connectivity index (χ2n) is 7.69. The van der Waals surface area contributed by atoms with Gasteiger partial charge in [-0.15, -0.1) is 11.3 Å². The third-order valence-corrected chi connectivity index (χ3v) is 7.10. The topological polar surface area (TPSA) is 87.6 Å². The number of ether oxygens (including phenoxy) is 3. The first-order valence-electron chi connectivity index (χ1n) is 10.6. The van der Waals surface area contributed by atoms with Crippen LogP contribution in [0, 0.1) is 0 Å². The maximum atomic E-state index is 11.6. The van der Waals surface area contributed by atoms with Crippen molar-refractivity contribution in [2.24, 2.45) is 0 Å². The number of hydrogen-bond acceptors (Lipinski definition) is 8. The Morgan fingerprint density at radius 1 is 1.16 bits per heavy atom. The second-order valence-corrected chi connectivity index (χ2v) is 10.7. The zero-order chi connectivity index (χ0) is 22.4. The highest BCUT2D eigenvalue weighted by Gasteiger charge is 2.18. The Kier molecular flexibility index (Phi) is 7.39. The molecule has 4 rings (SSSR count). The van der Waals surface area contributed by atoms with Gasteiger partial charge in [-0.3, -0.25) is 4.98 Å². The third-order valence-electron chi connectivity index (χ3n) is 5.13. The average molecular weight is 475 g/mol. The molecule has 0 amide bonds. The Morgan fingerprint density at radius 3 is 2.69 bits per heavy atom. The van der Waals surface area contributed by atoms with E-state index in [2.05, 4.69) is 9.97 Å². The van der Waals surface area contributed by atoms with Crippen LogP contribution in [0.15, 0.2) is 53.0 Å². The molecule has 2 aromatic heterocycles. The predicted octanol–water partition coefficient (Wildman–Crippen LogP) is 4.47. The molecule has 3 heterocycles. The van der Waals surface area contributed by atoms with E-state index in [-0.39, 0.29) is 11.0 Å². The lowest BCUT2D eigenvalue weighted by atomic mass is 10.1. The fourth-order valence-electron chi connectivity index (χ4n) is 3.46. The van der Waals surface area contributed by atoms with E-state index in [9.17, 15) is 8.42 Å². The van der Waals surface area contributed by atoms with Gasteiger partial charge in [0.2, 0.25) is 0 Å². The minimum absolute atomic E-state index is 0.103. The number of sulfone groups is 1. The first kappa shape index (κ1) is 22.7. The molecule has 170 valence electrons. The zero-order valence-electron chi connectivity index (χ0n) is 17.9. The van der Waals surface area contributed by atoms with Crippen LogP contribution in [0.2, 0.25) is 0 Å². The van der Waals surface area contributed by atoms with Crippen LogP contribution in [0.25, 0.3) is 0 Å². The number of rotatable bonds is 10. The molecule has 32 heavy (non-hydrogen) atoms. The van der Waals surface area contributed by atoms with Gasteiger partial charge in [0.05, 0.1) is 27.9 Å². The Morgan fingerprint density at radius 2 is 2.00 bits per heavy atom. The van der Waals surface area contributed by atoms with E-state index in [1.54, 1.807) is 29.7 Å². The van der Waals surface area contributed by atoms with E-state index in [1.807, 2.05) is 17.6 Å². The highest BCUT2D eigenvalue weighted by Crippen LogP contribution is 2.29. The van der Waals surface area contributed by atoms with Gasteiger partial charge >= 0.3 is 0 Å². The van der Waals surface area contributed by atoms with Gasteiger partial charge in [0, 0.05) is 30.5 Å². The largest absolute Gasteiger partial charge is 0.489 e. The molecule has 1 saturated heterocycles. The fraction of sp³-hybridized carbons (Fsp3) is 0.391. The van der Waals surface area contributed by atoms with Gasteiger partial charge in [0.25, 0.3) is 0 Å². The normalized spacial score (nSPS) is 16.2. The molecule has 7 nitrogen and oxygen atoms in total. The molecule has 0 spiro atoms. The summed E-state index contributed by atoms with van der Waals surface area (Å²) in [6, 6.07) is 8.15. The molecule has 0 N–H and O–H groups in total. The van der Waals surface area contributed by atoms with Gasteiger partial charge < -0.3 is 14.2 Å². The van der Waals surface area contributed by atoms with Crippen molar-refractivity contribution >= 4 is 21.2 Å². The number of nitrogens with zero attached hydrogens (tertiary/aromatic N) is 2. The van der Waals surface area contributed by atoms with Crippen LogP contribution in [0.3, 0.4) is 0 Å². The van der Waals surface area contributed by atoms with E-state index in [1.165, 1.54) is 18.4 Å². The summed E-state index contributed by atoms with van der Waals surface area (Å²) >= 11 is 1.66. The number of pyridine rings is 1. The van der Waals surface area contributed by atoms with Crippen LogP contribution in [0.5, 0.6) is 17.2 Å². The summed E-state index contributed by atoms with van der Waals surface area (Å²) in [4.78, 5) is 9.17. The number of hydrogen-bond donors (Lipinski definition) is 0. The number of aromatic nitrogens is 2. The quantitative estimate of drug-likeness (QED) is 0.428. The van der Waals surface area contributed by atoms with E-state index in [0.717, 1.165) is 49.4 Å². The van der Waals surface area contributed by atoms with Gasteiger partial charge in [-0.25, -0.2) is 13.4 Å². The Balaban J connectivity index is 1.46. The Labute approximate surface area is 192 Å². The molecule has 1 aliphatic heterocycles. The lowest BCUT2D eigenvalue weighted by molar-refractivity contribution is 0.0674. The van der Waals surface area contributed by atoms with E-state index >= 15 is 0 Å². The minimum Gasteiger partial charge on any atom is -0.489 e.